The third-order valence-corrected chi connectivity index (χ3v) is 4.78. The molecule has 4 nitrogen and oxygen atoms in total. The van der Waals surface area contributed by atoms with Crippen LogP contribution in [0.25, 0.3) is 0 Å². The number of hydrogen-bond acceptors (Lipinski definition) is 6. The number of rotatable bonds is 4. The number of hydrogen-bond donors (Lipinski definition) is 1. The summed E-state index contributed by atoms with van der Waals surface area (Å²) in [7, 11) is 1.37. The minimum Gasteiger partial charge on any atom is -0.465 e. The minimum atomic E-state index is -0.335. The van der Waals surface area contributed by atoms with Crippen LogP contribution in [0.2, 0.25) is 0 Å². The molecular weight excluding hydrogens is 348 g/mol. The van der Waals surface area contributed by atoms with Gasteiger partial charge in [-0.3, -0.25) is 0 Å². The number of aromatic nitrogens is 1. The van der Waals surface area contributed by atoms with Crippen molar-refractivity contribution in [1.29, 1.82) is 0 Å². The fourth-order valence-corrected chi connectivity index (χ4v) is 3.83. The van der Waals surface area contributed by atoms with Crippen molar-refractivity contribution in [2.45, 2.75) is 11.9 Å². The lowest BCUT2D eigenvalue weighted by atomic mass is 10.2. The van der Waals surface area contributed by atoms with E-state index in [0.717, 1.165) is 19.5 Å². The number of thiazole rings is 1. The van der Waals surface area contributed by atoms with Crippen LogP contribution in [0.3, 0.4) is 0 Å². The highest BCUT2D eigenvalue weighted by Gasteiger charge is 2.07. The molecule has 19 heavy (non-hydrogen) atoms. The number of nitrogens with one attached hydrogen (secondary N) is 1. The quantitative estimate of drug-likeness (QED) is 0.657. The first kappa shape index (κ1) is 14.4. The number of benzene rings is 1. The number of carbonyl (C=O) groups excluding carboxylic acids is 1. The molecule has 0 atom stereocenters. The number of anilines is 1. The highest BCUT2D eigenvalue weighted by atomic mass is 79.9. The number of carbonyl (C=O) groups is 1. The van der Waals surface area contributed by atoms with Crippen molar-refractivity contribution in [3.05, 3.63) is 38.6 Å². The fourth-order valence-electron chi connectivity index (χ4n) is 1.35. The summed E-state index contributed by atoms with van der Waals surface area (Å²) in [6.45, 7) is 2.02. The predicted molar refractivity (Wildman–Crippen MR) is 81.8 cm³/mol. The largest absolute Gasteiger partial charge is 0.465 e. The van der Waals surface area contributed by atoms with Gasteiger partial charge in [0.25, 0.3) is 0 Å². The van der Waals surface area contributed by atoms with Crippen LogP contribution in [0.1, 0.15) is 15.2 Å². The molecule has 0 saturated carbocycles. The number of methoxy groups -OCH3 is 1. The molecule has 0 aliphatic heterocycles. The second kappa shape index (κ2) is 6.40. The second-order valence-corrected chi connectivity index (χ2v) is 6.88. The predicted octanol–water partition coefficient (Wildman–Crippen LogP) is 4.12. The maximum Gasteiger partial charge on any atom is 0.337 e. The first-order valence-corrected chi connectivity index (χ1v) is 7.77. The van der Waals surface area contributed by atoms with Gasteiger partial charge in [-0.1, -0.05) is 0 Å². The van der Waals surface area contributed by atoms with Crippen LogP contribution in [0.4, 0.5) is 5.69 Å². The molecule has 7 heteroatoms. The molecule has 0 saturated heterocycles. The Morgan fingerprint density at radius 1 is 1.42 bits per heavy atom. The summed E-state index contributed by atoms with van der Waals surface area (Å²) in [6, 6.07) is 7.10. The van der Waals surface area contributed by atoms with E-state index in [4.69, 9.17) is 0 Å². The van der Waals surface area contributed by atoms with Gasteiger partial charge in [0.05, 0.1) is 12.7 Å². The van der Waals surface area contributed by atoms with Crippen molar-refractivity contribution >= 4 is 50.9 Å². The van der Waals surface area contributed by atoms with Crippen LogP contribution < -0.4 is 4.72 Å². The summed E-state index contributed by atoms with van der Waals surface area (Å²) in [4.78, 5) is 16.8. The topological polar surface area (TPSA) is 51.2 Å². The molecule has 1 aromatic heterocycles. The van der Waals surface area contributed by atoms with E-state index in [1.165, 1.54) is 19.1 Å². The lowest BCUT2D eigenvalue weighted by Crippen LogP contribution is -2.00. The monoisotopic (exact) mass is 358 g/mol. The van der Waals surface area contributed by atoms with Crippen LogP contribution in [-0.4, -0.2) is 18.1 Å². The van der Waals surface area contributed by atoms with Crippen molar-refractivity contribution in [2.24, 2.45) is 0 Å². The number of esters is 1. The molecule has 0 radical (unpaired) electrons. The summed E-state index contributed by atoms with van der Waals surface area (Å²) in [5, 5.41) is 0.939. The van der Waals surface area contributed by atoms with Crippen LogP contribution in [0.15, 0.2) is 33.2 Å². The molecule has 0 aliphatic carbocycles. The molecule has 2 aromatic rings. The molecule has 0 fully saturated rings. The Labute approximate surface area is 127 Å². The standard InChI is InChI=1S/C12H11BrN2O2S2/c1-7-10(14-12(13)18-7)19-15-9-5-3-8(4-6-9)11(16)17-2/h3-6,15H,1-2H3. The van der Waals surface area contributed by atoms with E-state index in [2.05, 4.69) is 30.4 Å². The Kier molecular flexibility index (Phi) is 4.84. The number of ether oxygens (including phenoxy) is 1. The van der Waals surface area contributed by atoms with Crippen molar-refractivity contribution < 1.29 is 9.53 Å². The van der Waals surface area contributed by atoms with Gasteiger partial charge in [0.2, 0.25) is 0 Å². The smallest absolute Gasteiger partial charge is 0.337 e. The summed E-state index contributed by atoms with van der Waals surface area (Å²) in [5.41, 5.74) is 1.44. The molecule has 1 N–H and O–H groups in total. The van der Waals surface area contributed by atoms with Gasteiger partial charge in [-0.2, -0.15) is 0 Å². The second-order valence-electron chi connectivity index (χ2n) is 3.60. The minimum absolute atomic E-state index is 0.335. The van der Waals surface area contributed by atoms with E-state index in [0.29, 0.717) is 5.56 Å². The van der Waals surface area contributed by atoms with Gasteiger partial charge in [-0.25, -0.2) is 9.78 Å². The SMILES string of the molecule is COC(=O)c1ccc(NSc2nc(Br)sc2C)cc1. The highest BCUT2D eigenvalue weighted by molar-refractivity contribution is 9.11. The molecule has 0 aliphatic rings. The number of nitrogens with zero attached hydrogens (tertiary/aromatic N) is 1. The highest BCUT2D eigenvalue weighted by Crippen LogP contribution is 2.30. The average Bonchev–Trinajstić information content (AvgIpc) is 2.74. The van der Waals surface area contributed by atoms with Crippen LogP contribution in [0.5, 0.6) is 0 Å². The third-order valence-electron chi connectivity index (χ3n) is 2.30. The van der Waals surface area contributed by atoms with Gasteiger partial charge in [-0.05, 0) is 47.1 Å². The zero-order valence-corrected chi connectivity index (χ0v) is 13.5. The molecule has 0 bridgehead atoms. The van der Waals surface area contributed by atoms with E-state index in [-0.39, 0.29) is 5.97 Å². The lowest BCUT2D eigenvalue weighted by Gasteiger charge is -2.05. The molecule has 0 unspecified atom stereocenters. The molecule has 0 amide bonds. The van der Waals surface area contributed by atoms with E-state index < -0.39 is 0 Å². The number of aryl methyl sites for hydroxylation is 1. The molecule has 1 heterocycles. The van der Waals surface area contributed by atoms with Crippen LogP contribution in [0, 0.1) is 6.92 Å². The van der Waals surface area contributed by atoms with Gasteiger partial charge in [0.15, 0.2) is 3.92 Å². The maximum absolute atomic E-state index is 11.3. The summed E-state index contributed by atoms with van der Waals surface area (Å²) in [5.74, 6) is -0.335. The zero-order chi connectivity index (χ0) is 13.8. The lowest BCUT2D eigenvalue weighted by molar-refractivity contribution is 0.0601. The van der Waals surface area contributed by atoms with Gasteiger partial charge in [-0.15, -0.1) is 11.3 Å². The molecule has 100 valence electrons. The Balaban J connectivity index is 2.00. The molecule has 0 spiro atoms. The van der Waals surface area contributed by atoms with Gasteiger partial charge < -0.3 is 9.46 Å². The van der Waals surface area contributed by atoms with Gasteiger partial charge in [0, 0.05) is 22.5 Å². The van der Waals surface area contributed by atoms with Gasteiger partial charge in [0.1, 0.15) is 5.03 Å². The average molecular weight is 359 g/mol. The normalized spacial score (nSPS) is 10.3. The fraction of sp³-hybridized carbons (Fsp3) is 0.167. The maximum atomic E-state index is 11.3. The molecule has 1 aromatic carbocycles. The Morgan fingerprint density at radius 3 is 2.63 bits per heavy atom. The van der Waals surface area contributed by atoms with Crippen molar-refractivity contribution in [3.63, 3.8) is 0 Å². The molecular formula is C12H11BrN2O2S2. The zero-order valence-electron chi connectivity index (χ0n) is 10.3. The van der Waals surface area contributed by atoms with Crippen molar-refractivity contribution in [1.82, 2.24) is 4.98 Å². The summed E-state index contributed by atoms with van der Waals surface area (Å²) < 4.78 is 8.70. The van der Waals surface area contributed by atoms with E-state index >= 15 is 0 Å². The van der Waals surface area contributed by atoms with E-state index in [1.807, 2.05) is 19.1 Å². The first-order chi connectivity index (χ1) is 9.10. The van der Waals surface area contributed by atoms with Crippen LogP contribution >= 0.6 is 39.2 Å². The van der Waals surface area contributed by atoms with E-state index in [1.54, 1.807) is 23.5 Å². The Morgan fingerprint density at radius 2 is 2.11 bits per heavy atom. The number of halogens is 1. The Bertz CT molecular complexity index is 584. The van der Waals surface area contributed by atoms with Gasteiger partial charge >= 0.3 is 5.97 Å². The third kappa shape index (κ3) is 3.71. The van der Waals surface area contributed by atoms with Crippen molar-refractivity contribution in [2.75, 3.05) is 11.8 Å². The van der Waals surface area contributed by atoms with Crippen molar-refractivity contribution in [3.8, 4) is 0 Å². The summed E-state index contributed by atoms with van der Waals surface area (Å²) >= 11 is 6.40. The van der Waals surface area contributed by atoms with Crippen LogP contribution in [-0.2, 0) is 4.74 Å². The molecule has 2 rings (SSSR count). The summed E-state index contributed by atoms with van der Waals surface area (Å²) in [6.07, 6.45) is 0. The Hall–Kier alpha value is -1.05. The first-order valence-electron chi connectivity index (χ1n) is 5.34. The van der Waals surface area contributed by atoms with E-state index in [9.17, 15) is 4.79 Å².